The fourth-order valence-electron chi connectivity index (χ4n) is 4.08. The number of fused-ring (bicyclic) bond motifs is 3. The van der Waals surface area contributed by atoms with Gasteiger partial charge in [-0.15, -0.1) is 0 Å². The predicted molar refractivity (Wildman–Crippen MR) is 102 cm³/mol. The summed E-state index contributed by atoms with van der Waals surface area (Å²) in [6.45, 7) is 0. The van der Waals surface area contributed by atoms with Crippen LogP contribution in [0.25, 0.3) is 0 Å². The van der Waals surface area contributed by atoms with Gasteiger partial charge in [0.1, 0.15) is 0 Å². The monoisotopic (exact) mass is 352 g/mol. The van der Waals surface area contributed by atoms with Crippen molar-refractivity contribution in [3.8, 4) is 0 Å². The van der Waals surface area contributed by atoms with Gasteiger partial charge in [0.2, 0.25) is 0 Å². The molecule has 0 fully saturated rings. The lowest BCUT2D eigenvalue weighted by molar-refractivity contribution is 0.0828. The number of anilines is 1. The molecule has 4 heteroatoms. The zero-order chi connectivity index (χ0) is 17.6. The van der Waals surface area contributed by atoms with Crippen LogP contribution in [0.5, 0.6) is 0 Å². The second-order valence-corrected chi connectivity index (χ2v) is 7.37. The number of para-hydroxylation sites is 1. The van der Waals surface area contributed by atoms with E-state index < -0.39 is 0 Å². The number of nitrogens with zero attached hydrogens (tertiary/aromatic N) is 1. The van der Waals surface area contributed by atoms with Crippen molar-refractivity contribution in [3.63, 3.8) is 0 Å². The van der Waals surface area contributed by atoms with E-state index in [0.29, 0.717) is 11.8 Å². The molecule has 1 aliphatic carbocycles. The van der Waals surface area contributed by atoms with Crippen LogP contribution in [0.1, 0.15) is 39.9 Å². The molecular weight excluding hydrogens is 332 g/mol. The Morgan fingerprint density at radius 1 is 1.12 bits per heavy atom. The number of hydrogen-bond donors (Lipinski definition) is 1. The van der Waals surface area contributed by atoms with E-state index >= 15 is 0 Å². The van der Waals surface area contributed by atoms with Crippen molar-refractivity contribution in [2.75, 3.05) is 19.4 Å². The number of allylic oxidation sites excluding steroid dienone is 2. The number of nitrogens with one attached hydrogen (secondary N) is 1. The van der Waals surface area contributed by atoms with Crippen LogP contribution >= 0.6 is 11.6 Å². The summed E-state index contributed by atoms with van der Waals surface area (Å²) in [5, 5.41) is 4.43. The Labute approximate surface area is 153 Å². The fraction of sp³-hybridized carbons (Fsp3) is 0.286. The van der Waals surface area contributed by atoms with E-state index in [-0.39, 0.29) is 11.9 Å². The minimum atomic E-state index is 0.0164. The highest BCUT2D eigenvalue weighted by atomic mass is 35.5. The summed E-state index contributed by atoms with van der Waals surface area (Å²) < 4.78 is 0. The molecule has 0 aromatic heterocycles. The molecule has 25 heavy (non-hydrogen) atoms. The Hall–Kier alpha value is -2.26. The van der Waals surface area contributed by atoms with Crippen molar-refractivity contribution < 1.29 is 4.79 Å². The van der Waals surface area contributed by atoms with Crippen LogP contribution in [0.3, 0.4) is 0 Å². The van der Waals surface area contributed by atoms with Gasteiger partial charge in [0.05, 0.1) is 17.3 Å². The first-order valence-electron chi connectivity index (χ1n) is 8.60. The zero-order valence-corrected chi connectivity index (χ0v) is 15.1. The van der Waals surface area contributed by atoms with Crippen LogP contribution < -0.4 is 5.32 Å². The van der Waals surface area contributed by atoms with Gasteiger partial charge in [0, 0.05) is 25.0 Å². The molecule has 3 nitrogen and oxygen atoms in total. The molecule has 4 rings (SSSR count). The summed E-state index contributed by atoms with van der Waals surface area (Å²) in [5.41, 5.74) is 3.97. The van der Waals surface area contributed by atoms with Crippen LogP contribution in [0.4, 0.5) is 5.69 Å². The van der Waals surface area contributed by atoms with Crippen LogP contribution in [0.2, 0.25) is 5.02 Å². The van der Waals surface area contributed by atoms with Gasteiger partial charge in [-0.05, 0) is 35.6 Å². The first kappa shape index (κ1) is 16.2. The molecule has 3 atom stereocenters. The molecule has 3 unspecified atom stereocenters. The van der Waals surface area contributed by atoms with Crippen molar-refractivity contribution in [2.24, 2.45) is 5.92 Å². The molecule has 1 aliphatic heterocycles. The van der Waals surface area contributed by atoms with E-state index in [1.807, 2.05) is 30.3 Å². The topological polar surface area (TPSA) is 32.3 Å². The quantitative estimate of drug-likeness (QED) is 0.782. The molecule has 2 aromatic carbocycles. The highest BCUT2D eigenvalue weighted by Crippen LogP contribution is 2.51. The maximum Gasteiger partial charge on any atom is 0.255 e. The van der Waals surface area contributed by atoms with Crippen LogP contribution in [0, 0.1) is 5.92 Å². The number of hydrogen-bond acceptors (Lipinski definition) is 2. The highest BCUT2D eigenvalue weighted by molar-refractivity contribution is 6.31. The molecule has 2 aromatic rings. The van der Waals surface area contributed by atoms with Gasteiger partial charge in [-0.1, -0.05) is 54.1 Å². The van der Waals surface area contributed by atoms with Crippen molar-refractivity contribution in [1.82, 2.24) is 4.90 Å². The molecule has 0 bridgehead atoms. The minimum absolute atomic E-state index is 0.0164. The van der Waals surface area contributed by atoms with Crippen molar-refractivity contribution in [3.05, 3.63) is 76.3 Å². The zero-order valence-electron chi connectivity index (χ0n) is 14.4. The van der Waals surface area contributed by atoms with Crippen molar-refractivity contribution in [1.29, 1.82) is 0 Å². The maximum absolute atomic E-state index is 12.7. The lowest BCUT2D eigenvalue weighted by atomic mass is 9.76. The number of carbonyl (C=O) groups is 1. The molecular formula is C21H21ClN2O. The van der Waals surface area contributed by atoms with Crippen molar-refractivity contribution >= 4 is 23.2 Å². The molecule has 128 valence electrons. The Kier molecular flexibility index (Phi) is 4.04. The van der Waals surface area contributed by atoms with Gasteiger partial charge >= 0.3 is 0 Å². The molecule has 1 heterocycles. The Morgan fingerprint density at radius 3 is 2.64 bits per heavy atom. The normalized spacial score (nSPS) is 23.6. The van der Waals surface area contributed by atoms with Gasteiger partial charge in [0.25, 0.3) is 5.91 Å². The van der Waals surface area contributed by atoms with E-state index in [1.54, 1.807) is 19.0 Å². The largest absolute Gasteiger partial charge is 0.377 e. The lowest BCUT2D eigenvalue weighted by Crippen LogP contribution is -2.32. The average Bonchev–Trinajstić information content (AvgIpc) is 3.10. The van der Waals surface area contributed by atoms with E-state index in [4.69, 9.17) is 11.6 Å². The summed E-state index contributed by atoms with van der Waals surface area (Å²) in [4.78, 5) is 14.3. The second kappa shape index (κ2) is 6.23. The third kappa shape index (κ3) is 2.63. The average molecular weight is 353 g/mol. The maximum atomic E-state index is 12.7. The molecule has 1 N–H and O–H groups in total. The van der Waals surface area contributed by atoms with E-state index in [9.17, 15) is 4.79 Å². The predicted octanol–water partition coefficient (Wildman–Crippen LogP) is 4.87. The third-order valence-electron chi connectivity index (χ3n) is 5.27. The first-order chi connectivity index (χ1) is 12.1. The Balaban J connectivity index is 1.85. The van der Waals surface area contributed by atoms with E-state index in [0.717, 1.165) is 28.3 Å². The highest BCUT2D eigenvalue weighted by Gasteiger charge is 2.39. The number of amides is 1. The minimum Gasteiger partial charge on any atom is -0.377 e. The number of halogens is 1. The first-order valence-corrected chi connectivity index (χ1v) is 8.98. The van der Waals surface area contributed by atoms with Crippen LogP contribution in [0.15, 0.2) is 54.6 Å². The SMILES string of the molecule is CN(C)C(=O)c1cccc2c1NC(c1ccccc1Cl)C1CC=CC21. The molecule has 0 spiro atoms. The second-order valence-electron chi connectivity index (χ2n) is 6.97. The number of carbonyl (C=O) groups excluding carboxylic acids is 1. The fourth-order valence-corrected chi connectivity index (χ4v) is 4.33. The van der Waals surface area contributed by atoms with E-state index in [1.165, 1.54) is 5.56 Å². The Bertz CT molecular complexity index is 859. The van der Waals surface area contributed by atoms with Crippen LogP contribution in [-0.4, -0.2) is 24.9 Å². The molecule has 0 saturated carbocycles. The standard InChI is InChI=1S/C21H21ClN2O/c1-24(2)21(25)17-11-6-10-15-13-8-5-9-14(13)19(23-20(15)17)16-7-3-4-12-18(16)22/h3-8,10-14,19,23H,9H2,1-2H3. The Morgan fingerprint density at radius 2 is 1.88 bits per heavy atom. The molecule has 0 radical (unpaired) electrons. The van der Waals surface area contributed by atoms with Crippen LogP contribution in [-0.2, 0) is 0 Å². The van der Waals surface area contributed by atoms with Gasteiger partial charge in [-0.3, -0.25) is 4.79 Å². The molecule has 0 saturated heterocycles. The van der Waals surface area contributed by atoms with Gasteiger partial charge in [-0.25, -0.2) is 0 Å². The molecule has 1 amide bonds. The lowest BCUT2D eigenvalue weighted by Gasteiger charge is -2.38. The molecule has 2 aliphatic rings. The van der Waals surface area contributed by atoms with Gasteiger partial charge in [-0.2, -0.15) is 0 Å². The van der Waals surface area contributed by atoms with Gasteiger partial charge < -0.3 is 10.2 Å². The number of rotatable bonds is 2. The summed E-state index contributed by atoms with van der Waals surface area (Å²) in [6, 6.07) is 14.1. The summed E-state index contributed by atoms with van der Waals surface area (Å²) in [5.74, 6) is 0.743. The smallest absolute Gasteiger partial charge is 0.255 e. The third-order valence-corrected chi connectivity index (χ3v) is 5.62. The summed E-state index contributed by atoms with van der Waals surface area (Å²) >= 11 is 6.49. The van der Waals surface area contributed by atoms with Gasteiger partial charge in [0.15, 0.2) is 0 Å². The van der Waals surface area contributed by atoms with E-state index in [2.05, 4.69) is 29.6 Å². The summed E-state index contributed by atoms with van der Waals surface area (Å²) in [7, 11) is 3.57. The number of benzene rings is 2. The summed E-state index contributed by atoms with van der Waals surface area (Å²) in [6.07, 6.45) is 5.54. The van der Waals surface area contributed by atoms with Crippen molar-refractivity contribution in [2.45, 2.75) is 18.4 Å².